The summed E-state index contributed by atoms with van der Waals surface area (Å²) < 4.78 is 0. The minimum atomic E-state index is -0.777. The van der Waals surface area contributed by atoms with Gasteiger partial charge in [0, 0.05) is 11.7 Å². The van der Waals surface area contributed by atoms with E-state index in [0.29, 0.717) is 12.8 Å². The van der Waals surface area contributed by atoms with E-state index < -0.39 is 11.6 Å². The molecule has 0 bridgehead atoms. The molecule has 2 heterocycles. The predicted octanol–water partition coefficient (Wildman–Crippen LogP) is 2.61. The number of carbonyl (C=O) groups excluding carboxylic acids is 3. The highest BCUT2D eigenvalue weighted by Crippen LogP contribution is 2.34. The van der Waals surface area contributed by atoms with Gasteiger partial charge < -0.3 is 10.2 Å². The Hall–Kier alpha value is -2.37. The lowest BCUT2D eigenvalue weighted by molar-refractivity contribution is -0.135. The Labute approximate surface area is 153 Å². The predicted molar refractivity (Wildman–Crippen MR) is 97.8 cm³/mol. The van der Waals surface area contributed by atoms with Gasteiger partial charge in [0.1, 0.15) is 12.1 Å². The number of urea groups is 1. The number of rotatable bonds is 2. The highest BCUT2D eigenvalue weighted by molar-refractivity contribution is 6.10. The monoisotopic (exact) mass is 355 g/mol. The van der Waals surface area contributed by atoms with Crippen LogP contribution >= 0.6 is 0 Å². The van der Waals surface area contributed by atoms with Crippen molar-refractivity contribution < 1.29 is 14.4 Å². The molecule has 1 aliphatic carbocycles. The van der Waals surface area contributed by atoms with Crippen molar-refractivity contribution in [1.82, 2.24) is 10.2 Å². The maximum Gasteiger partial charge on any atom is 0.325 e. The van der Waals surface area contributed by atoms with E-state index in [9.17, 15) is 14.4 Å². The molecule has 0 radical (unpaired) electrons. The lowest BCUT2D eigenvalue weighted by Gasteiger charge is -2.36. The molecule has 4 amide bonds. The number of benzene rings is 1. The van der Waals surface area contributed by atoms with Crippen LogP contribution in [0.15, 0.2) is 24.3 Å². The third kappa shape index (κ3) is 2.68. The third-order valence-corrected chi connectivity index (χ3v) is 6.04. The van der Waals surface area contributed by atoms with E-state index in [-0.39, 0.29) is 24.4 Å². The fourth-order valence-corrected chi connectivity index (χ4v) is 4.59. The van der Waals surface area contributed by atoms with E-state index in [4.69, 9.17) is 0 Å². The second-order valence-corrected chi connectivity index (χ2v) is 7.74. The van der Waals surface area contributed by atoms with Crippen LogP contribution in [0.3, 0.4) is 0 Å². The summed E-state index contributed by atoms with van der Waals surface area (Å²) in [6.07, 6.45) is 6.12. The number of hydrogen-bond donors (Lipinski definition) is 1. The summed E-state index contributed by atoms with van der Waals surface area (Å²) in [6.45, 7) is 1.83. The van der Waals surface area contributed by atoms with Crippen LogP contribution in [0.5, 0.6) is 0 Å². The molecular formula is C20H25N3O3. The van der Waals surface area contributed by atoms with E-state index in [1.165, 1.54) is 0 Å². The summed E-state index contributed by atoms with van der Waals surface area (Å²) >= 11 is 0. The highest BCUT2D eigenvalue weighted by atomic mass is 16.2. The first-order valence-electron chi connectivity index (χ1n) is 9.56. The lowest BCUT2D eigenvalue weighted by Crippen LogP contribution is -2.50. The normalized spacial score (nSPS) is 24.6. The Balaban J connectivity index is 1.55. The molecule has 4 rings (SSSR count). The summed E-state index contributed by atoms with van der Waals surface area (Å²) in [6, 6.07) is 7.50. The summed E-state index contributed by atoms with van der Waals surface area (Å²) in [5.74, 6) is -0.422. The van der Waals surface area contributed by atoms with Crippen molar-refractivity contribution in [2.24, 2.45) is 0 Å². The quantitative estimate of drug-likeness (QED) is 0.829. The number of para-hydroxylation sites is 1. The summed E-state index contributed by atoms with van der Waals surface area (Å²) in [4.78, 5) is 41.3. The maximum absolute atomic E-state index is 13.0. The van der Waals surface area contributed by atoms with E-state index in [0.717, 1.165) is 48.3 Å². The number of imide groups is 1. The van der Waals surface area contributed by atoms with Gasteiger partial charge in [0.2, 0.25) is 5.91 Å². The second kappa shape index (κ2) is 6.41. The first-order chi connectivity index (χ1) is 12.5. The van der Waals surface area contributed by atoms with Crippen molar-refractivity contribution >= 4 is 23.5 Å². The van der Waals surface area contributed by atoms with Gasteiger partial charge in [-0.15, -0.1) is 0 Å². The van der Waals surface area contributed by atoms with Crippen LogP contribution in [-0.2, 0) is 16.0 Å². The maximum atomic E-state index is 13.0. The fraction of sp³-hybridized carbons (Fsp3) is 0.550. The Bertz CT molecular complexity index is 754. The Kier molecular flexibility index (Phi) is 4.21. The van der Waals surface area contributed by atoms with E-state index in [1.807, 2.05) is 31.2 Å². The number of aryl methyl sites for hydroxylation is 1. The van der Waals surface area contributed by atoms with Gasteiger partial charge in [0.15, 0.2) is 0 Å². The third-order valence-electron chi connectivity index (χ3n) is 6.04. The molecule has 1 saturated heterocycles. The van der Waals surface area contributed by atoms with Crippen LogP contribution in [0.2, 0.25) is 0 Å². The fourth-order valence-electron chi connectivity index (χ4n) is 4.59. The van der Waals surface area contributed by atoms with E-state index >= 15 is 0 Å². The average Bonchev–Trinajstić information content (AvgIpc) is 2.86. The van der Waals surface area contributed by atoms with Crippen molar-refractivity contribution in [3.05, 3.63) is 29.8 Å². The van der Waals surface area contributed by atoms with Crippen LogP contribution < -0.4 is 10.2 Å². The molecule has 6 nitrogen and oxygen atoms in total. The molecule has 1 saturated carbocycles. The zero-order valence-corrected chi connectivity index (χ0v) is 15.2. The zero-order valence-electron chi connectivity index (χ0n) is 15.2. The van der Waals surface area contributed by atoms with Gasteiger partial charge >= 0.3 is 6.03 Å². The molecule has 0 aromatic heterocycles. The Morgan fingerprint density at radius 2 is 1.92 bits per heavy atom. The number of amides is 4. The van der Waals surface area contributed by atoms with Crippen LogP contribution in [0, 0.1) is 0 Å². The molecular weight excluding hydrogens is 330 g/mol. The first kappa shape index (κ1) is 17.1. The van der Waals surface area contributed by atoms with Gasteiger partial charge in [0.05, 0.1) is 0 Å². The van der Waals surface area contributed by atoms with Crippen molar-refractivity contribution in [1.29, 1.82) is 0 Å². The van der Waals surface area contributed by atoms with Gasteiger partial charge in [-0.3, -0.25) is 14.5 Å². The summed E-state index contributed by atoms with van der Waals surface area (Å²) in [7, 11) is 0. The number of nitrogens with zero attached hydrogens (tertiary/aromatic N) is 2. The molecule has 1 aromatic rings. The van der Waals surface area contributed by atoms with Gasteiger partial charge in [-0.1, -0.05) is 37.5 Å². The molecule has 3 aliphatic rings. The number of hydrogen-bond acceptors (Lipinski definition) is 3. The Morgan fingerprint density at radius 3 is 2.69 bits per heavy atom. The van der Waals surface area contributed by atoms with Gasteiger partial charge in [-0.05, 0) is 44.2 Å². The molecule has 2 fully saturated rings. The smallest absolute Gasteiger partial charge is 0.323 e. The molecule has 138 valence electrons. The topological polar surface area (TPSA) is 69.7 Å². The van der Waals surface area contributed by atoms with Crippen LogP contribution in [0.4, 0.5) is 10.5 Å². The van der Waals surface area contributed by atoms with Crippen LogP contribution in [-0.4, -0.2) is 40.9 Å². The Morgan fingerprint density at radius 1 is 1.19 bits per heavy atom. The minimum absolute atomic E-state index is 0.0572. The van der Waals surface area contributed by atoms with Gasteiger partial charge in [-0.2, -0.15) is 0 Å². The molecule has 1 N–H and O–H groups in total. The van der Waals surface area contributed by atoms with Crippen molar-refractivity contribution in [2.45, 2.75) is 63.5 Å². The van der Waals surface area contributed by atoms with Crippen LogP contribution in [0.25, 0.3) is 0 Å². The largest absolute Gasteiger partial charge is 0.325 e. The average molecular weight is 355 g/mol. The molecule has 1 atom stereocenters. The van der Waals surface area contributed by atoms with Crippen molar-refractivity contribution in [3.63, 3.8) is 0 Å². The lowest BCUT2D eigenvalue weighted by atomic mass is 9.82. The summed E-state index contributed by atoms with van der Waals surface area (Å²) in [5, 5.41) is 2.87. The van der Waals surface area contributed by atoms with Gasteiger partial charge in [-0.25, -0.2) is 4.79 Å². The SMILES string of the molecule is C[C@H]1CCc2ccccc2N1C(=O)CN1C(=O)NC2(CCCCC2)C1=O. The minimum Gasteiger partial charge on any atom is -0.323 e. The zero-order chi connectivity index (χ0) is 18.3. The highest BCUT2D eigenvalue weighted by Gasteiger charge is 2.52. The molecule has 1 spiro atoms. The number of fused-ring (bicyclic) bond motifs is 1. The van der Waals surface area contributed by atoms with E-state index in [2.05, 4.69) is 5.32 Å². The number of anilines is 1. The molecule has 0 unspecified atom stereocenters. The van der Waals surface area contributed by atoms with Gasteiger partial charge in [0.25, 0.3) is 5.91 Å². The van der Waals surface area contributed by atoms with Crippen LogP contribution in [0.1, 0.15) is 51.0 Å². The molecule has 2 aliphatic heterocycles. The molecule has 26 heavy (non-hydrogen) atoms. The standard InChI is InChI=1S/C20H25N3O3/c1-14-9-10-15-7-3-4-8-16(15)23(14)17(24)13-22-18(25)20(21-19(22)26)11-5-2-6-12-20/h3-4,7-8,14H,2,5-6,9-13H2,1H3,(H,21,26)/t14-/m0/s1. The second-order valence-electron chi connectivity index (χ2n) is 7.74. The van der Waals surface area contributed by atoms with E-state index in [1.54, 1.807) is 4.90 Å². The molecule has 1 aromatic carbocycles. The first-order valence-corrected chi connectivity index (χ1v) is 9.56. The number of nitrogens with one attached hydrogen (secondary N) is 1. The van der Waals surface area contributed by atoms with Crippen molar-refractivity contribution in [3.8, 4) is 0 Å². The summed E-state index contributed by atoms with van der Waals surface area (Å²) in [5.41, 5.74) is 1.26. The number of carbonyl (C=O) groups is 3. The molecule has 6 heteroatoms. The van der Waals surface area contributed by atoms with Crippen molar-refractivity contribution in [2.75, 3.05) is 11.4 Å².